The Balaban J connectivity index is 0.00000676. The van der Waals surface area contributed by atoms with Gasteiger partial charge >= 0.3 is 51.4 Å². The molecule has 0 bridgehead atoms. The summed E-state index contributed by atoms with van der Waals surface area (Å²) in [5.41, 5.74) is 0. The summed E-state index contributed by atoms with van der Waals surface area (Å²) in [6.45, 7) is -1.07. The van der Waals surface area contributed by atoms with Crippen LogP contribution in [0.2, 0.25) is 0 Å². The molecule has 0 spiro atoms. The molecule has 0 radical (unpaired) electrons. The van der Waals surface area contributed by atoms with Gasteiger partial charge in [-0.25, -0.2) is 0 Å². The standard InChI is InChI=1S/C21H43O3PS.K/c1-2-3-4-5-10-13-16-20-19-21(20)17-14-11-8-6-7-9-12-15-18-24-25(22,23)26;/h20-21H,2-19H2,1H3,(H2,22,23,26);/q;+1/p-1. The van der Waals surface area contributed by atoms with Crippen LogP contribution in [0.5, 0.6) is 0 Å². The summed E-state index contributed by atoms with van der Waals surface area (Å²) in [4.78, 5) is 19.6. The Morgan fingerprint density at radius 2 is 1.22 bits per heavy atom. The minimum absolute atomic E-state index is 0. The van der Waals surface area contributed by atoms with Crippen molar-refractivity contribution in [2.45, 2.75) is 116 Å². The third-order valence-corrected chi connectivity index (χ3v) is 6.55. The molecule has 1 N–H and O–H groups in total. The van der Waals surface area contributed by atoms with Gasteiger partial charge in [-0.3, -0.25) is 0 Å². The van der Waals surface area contributed by atoms with Gasteiger partial charge in [0.05, 0.1) is 6.61 Å². The Labute approximate surface area is 216 Å². The molecule has 27 heavy (non-hydrogen) atoms. The predicted octanol–water partition coefficient (Wildman–Crippen LogP) is 3.48. The Bertz CT molecular complexity index is 378. The molecule has 1 aliphatic carbocycles. The molecule has 6 heteroatoms. The minimum atomic E-state index is -3.68. The molecule has 1 rings (SSSR count). The molecule has 0 aliphatic heterocycles. The van der Waals surface area contributed by atoms with Crippen molar-refractivity contribution in [3.63, 3.8) is 0 Å². The van der Waals surface area contributed by atoms with Gasteiger partial charge in [0.25, 0.3) is 0 Å². The molecule has 3 unspecified atom stereocenters. The zero-order chi connectivity index (χ0) is 19.1. The van der Waals surface area contributed by atoms with E-state index in [1.165, 1.54) is 96.3 Å². The van der Waals surface area contributed by atoms with E-state index in [9.17, 15) is 4.89 Å². The van der Waals surface area contributed by atoms with Crippen molar-refractivity contribution in [1.82, 2.24) is 0 Å². The SMILES string of the molecule is CCCCCCCCC1CC1CCCCCCCCCCOP([O-])(O)=S.[K+]. The Morgan fingerprint density at radius 3 is 1.67 bits per heavy atom. The Morgan fingerprint density at radius 1 is 0.815 bits per heavy atom. The third-order valence-electron chi connectivity index (χ3n) is 5.72. The molecular weight excluding hydrogens is 402 g/mol. The Kier molecular flexibility index (Phi) is 20.4. The first-order valence-electron chi connectivity index (χ1n) is 11.2. The molecular formula is C21H42KO3PS. The fourth-order valence-corrected chi connectivity index (χ4v) is 4.54. The van der Waals surface area contributed by atoms with Crippen molar-refractivity contribution in [2.24, 2.45) is 11.8 Å². The average Bonchev–Trinajstić information content (AvgIpc) is 3.33. The second-order valence-corrected chi connectivity index (χ2v) is 10.8. The van der Waals surface area contributed by atoms with Crippen LogP contribution in [-0.4, -0.2) is 11.5 Å². The van der Waals surface area contributed by atoms with E-state index in [0.717, 1.165) is 24.7 Å². The molecule has 1 saturated carbocycles. The fraction of sp³-hybridized carbons (Fsp3) is 1.00. The van der Waals surface area contributed by atoms with E-state index < -0.39 is 6.72 Å². The molecule has 3 nitrogen and oxygen atoms in total. The largest absolute Gasteiger partial charge is 1.00 e. The van der Waals surface area contributed by atoms with Gasteiger partial charge in [-0.05, 0) is 24.7 Å². The number of rotatable bonds is 19. The number of unbranched alkanes of at least 4 members (excludes halogenated alkanes) is 12. The van der Waals surface area contributed by atoms with Gasteiger partial charge in [0.15, 0.2) is 0 Å². The smallest absolute Gasteiger partial charge is 0.780 e. The maximum absolute atomic E-state index is 10.8. The van der Waals surface area contributed by atoms with E-state index >= 15 is 0 Å². The fourth-order valence-electron chi connectivity index (χ4n) is 3.95. The molecule has 0 amide bonds. The maximum Gasteiger partial charge on any atom is 1.00 e. The summed E-state index contributed by atoms with van der Waals surface area (Å²) < 4.78 is 4.70. The zero-order valence-corrected chi connectivity index (χ0v) is 22.8. The van der Waals surface area contributed by atoms with Crippen LogP contribution >= 0.6 is 6.72 Å². The number of hydrogen-bond acceptors (Lipinski definition) is 3. The second kappa shape index (κ2) is 18.9. The topological polar surface area (TPSA) is 52.5 Å². The van der Waals surface area contributed by atoms with E-state index in [2.05, 4.69) is 18.7 Å². The molecule has 3 atom stereocenters. The van der Waals surface area contributed by atoms with Crippen LogP contribution in [0.15, 0.2) is 0 Å². The van der Waals surface area contributed by atoms with Gasteiger partial charge in [0.1, 0.15) is 6.72 Å². The number of hydrogen-bond donors (Lipinski definition) is 1. The average molecular weight is 445 g/mol. The summed E-state index contributed by atoms with van der Waals surface area (Å²) >= 11 is 4.30. The van der Waals surface area contributed by atoms with Gasteiger partial charge in [-0.2, -0.15) is 0 Å². The quantitative estimate of drug-likeness (QED) is 0.188. The van der Waals surface area contributed by atoms with Gasteiger partial charge in [-0.1, -0.05) is 115 Å². The zero-order valence-electron chi connectivity index (χ0n) is 18.0. The van der Waals surface area contributed by atoms with Crippen molar-refractivity contribution in [2.75, 3.05) is 6.61 Å². The first-order valence-corrected chi connectivity index (χ1v) is 13.8. The van der Waals surface area contributed by atoms with Crippen LogP contribution in [-0.2, 0) is 16.3 Å². The van der Waals surface area contributed by atoms with E-state index in [0.29, 0.717) is 6.61 Å². The first kappa shape index (κ1) is 29.2. The molecule has 0 heterocycles. The summed E-state index contributed by atoms with van der Waals surface area (Å²) in [5.74, 6) is 2.14. The van der Waals surface area contributed by atoms with Crippen molar-refractivity contribution >= 4 is 18.5 Å². The maximum atomic E-state index is 10.8. The van der Waals surface area contributed by atoms with Crippen LogP contribution < -0.4 is 56.3 Å². The van der Waals surface area contributed by atoms with E-state index in [4.69, 9.17) is 9.42 Å². The Hall–Kier alpha value is 2.17. The molecule has 0 aromatic carbocycles. The third kappa shape index (κ3) is 19.9. The van der Waals surface area contributed by atoms with Crippen LogP contribution in [0.25, 0.3) is 0 Å². The van der Waals surface area contributed by atoms with E-state index in [-0.39, 0.29) is 51.4 Å². The molecule has 156 valence electrons. The van der Waals surface area contributed by atoms with E-state index in [1.54, 1.807) is 0 Å². The van der Waals surface area contributed by atoms with Gasteiger partial charge in [-0.15, -0.1) is 0 Å². The van der Waals surface area contributed by atoms with Crippen LogP contribution in [0.3, 0.4) is 0 Å². The van der Waals surface area contributed by atoms with Crippen LogP contribution in [0.4, 0.5) is 0 Å². The second-order valence-electron chi connectivity index (χ2n) is 8.23. The van der Waals surface area contributed by atoms with Crippen molar-refractivity contribution < 1.29 is 65.7 Å². The molecule has 0 saturated heterocycles. The van der Waals surface area contributed by atoms with Gasteiger partial charge in [0.2, 0.25) is 0 Å². The molecule has 0 aromatic heterocycles. The van der Waals surface area contributed by atoms with Crippen LogP contribution in [0.1, 0.15) is 116 Å². The summed E-state index contributed by atoms with van der Waals surface area (Å²) in [7, 11) is 0. The van der Waals surface area contributed by atoms with Crippen molar-refractivity contribution in [3.8, 4) is 0 Å². The van der Waals surface area contributed by atoms with Crippen LogP contribution in [0, 0.1) is 11.8 Å². The monoisotopic (exact) mass is 444 g/mol. The summed E-state index contributed by atoms with van der Waals surface area (Å²) in [6, 6.07) is 0. The van der Waals surface area contributed by atoms with Crippen molar-refractivity contribution in [1.29, 1.82) is 0 Å². The summed E-state index contributed by atoms with van der Waals surface area (Å²) in [6.07, 6.45) is 23.0. The first-order chi connectivity index (χ1) is 12.5. The predicted molar refractivity (Wildman–Crippen MR) is 114 cm³/mol. The molecule has 1 aliphatic rings. The van der Waals surface area contributed by atoms with Gasteiger partial charge < -0.3 is 14.3 Å². The van der Waals surface area contributed by atoms with Crippen molar-refractivity contribution in [3.05, 3.63) is 0 Å². The minimum Gasteiger partial charge on any atom is -0.780 e. The van der Waals surface area contributed by atoms with Gasteiger partial charge in [0, 0.05) is 0 Å². The normalized spacial score (nSPS) is 20.9. The molecule has 0 aromatic rings. The van der Waals surface area contributed by atoms with E-state index in [1.807, 2.05) is 0 Å². The molecule has 1 fully saturated rings. The summed E-state index contributed by atoms with van der Waals surface area (Å²) in [5, 5.41) is 0.